The third kappa shape index (κ3) is 3.93. The van der Waals surface area contributed by atoms with E-state index in [1.807, 2.05) is 32.9 Å². The predicted molar refractivity (Wildman–Crippen MR) is 102 cm³/mol. The lowest BCUT2D eigenvalue weighted by Gasteiger charge is -2.23. The van der Waals surface area contributed by atoms with Crippen LogP contribution >= 0.6 is 11.3 Å². The van der Waals surface area contributed by atoms with E-state index in [0.717, 1.165) is 12.8 Å². The summed E-state index contributed by atoms with van der Waals surface area (Å²) in [6, 6.07) is 10.4. The first-order valence-electron chi connectivity index (χ1n) is 8.52. The number of fused-ring (bicyclic) bond motifs is 3. The number of aryl methyl sites for hydroxylation is 2. The van der Waals surface area contributed by atoms with E-state index in [0.29, 0.717) is 4.88 Å². The molecule has 0 saturated carbocycles. The van der Waals surface area contributed by atoms with Crippen molar-refractivity contribution in [2.45, 2.75) is 39.2 Å². The molecule has 2 amide bonds. The number of hydrogen-bond acceptors (Lipinski definition) is 3. The third-order valence-electron chi connectivity index (χ3n) is 4.19. The van der Waals surface area contributed by atoms with E-state index in [2.05, 4.69) is 23.5 Å². The van der Waals surface area contributed by atoms with E-state index >= 15 is 0 Å². The summed E-state index contributed by atoms with van der Waals surface area (Å²) in [5.41, 5.74) is 3.52. The first kappa shape index (κ1) is 17.7. The van der Waals surface area contributed by atoms with Gasteiger partial charge in [0.15, 0.2) is 0 Å². The minimum Gasteiger partial charge on any atom is -0.350 e. The van der Waals surface area contributed by atoms with Gasteiger partial charge in [0.25, 0.3) is 5.91 Å². The molecule has 1 aliphatic rings. The van der Waals surface area contributed by atoms with E-state index in [4.69, 9.17) is 0 Å². The van der Waals surface area contributed by atoms with Crippen molar-refractivity contribution in [3.05, 3.63) is 46.3 Å². The molecule has 1 aliphatic carbocycles. The number of thiophene rings is 1. The number of carbonyl (C=O) groups is 2. The van der Waals surface area contributed by atoms with Gasteiger partial charge in [0.1, 0.15) is 0 Å². The van der Waals surface area contributed by atoms with Gasteiger partial charge in [-0.1, -0.05) is 24.3 Å². The molecule has 1 N–H and O–H groups in total. The molecular weight excluding hydrogens is 332 g/mol. The molecule has 3 rings (SSSR count). The smallest absolute Gasteiger partial charge is 0.264 e. The molecule has 0 unspecified atom stereocenters. The largest absolute Gasteiger partial charge is 0.350 e. The molecule has 0 aliphatic heterocycles. The van der Waals surface area contributed by atoms with Crippen molar-refractivity contribution in [2.24, 2.45) is 0 Å². The van der Waals surface area contributed by atoms with Crippen molar-refractivity contribution in [2.75, 3.05) is 13.6 Å². The van der Waals surface area contributed by atoms with Crippen molar-refractivity contribution in [3.63, 3.8) is 0 Å². The van der Waals surface area contributed by atoms with Gasteiger partial charge in [-0.3, -0.25) is 9.59 Å². The molecule has 1 heterocycles. The maximum absolute atomic E-state index is 12.7. The fourth-order valence-corrected chi connectivity index (χ4v) is 4.38. The van der Waals surface area contributed by atoms with Crippen molar-refractivity contribution >= 4 is 23.2 Å². The second kappa shape index (κ2) is 6.64. The SMILES string of the molecule is CN(CC(=O)NC(C)(C)C)C(=O)c1cc2c(s1)-c1ccccc1CC2. The van der Waals surface area contributed by atoms with Crippen LogP contribution in [0.5, 0.6) is 0 Å². The van der Waals surface area contributed by atoms with Crippen LogP contribution in [0.2, 0.25) is 0 Å². The van der Waals surface area contributed by atoms with E-state index in [1.54, 1.807) is 7.05 Å². The normalized spacial score (nSPS) is 13.0. The summed E-state index contributed by atoms with van der Waals surface area (Å²) >= 11 is 1.53. The summed E-state index contributed by atoms with van der Waals surface area (Å²) in [5.74, 6) is -0.240. The minimum absolute atomic E-state index is 0.0647. The Morgan fingerprint density at radius 3 is 2.56 bits per heavy atom. The van der Waals surface area contributed by atoms with Crippen LogP contribution in [-0.2, 0) is 17.6 Å². The van der Waals surface area contributed by atoms with Gasteiger partial charge in [-0.15, -0.1) is 11.3 Å². The Hall–Kier alpha value is -2.14. The molecule has 2 aromatic rings. The van der Waals surface area contributed by atoms with Gasteiger partial charge in [0, 0.05) is 17.5 Å². The number of nitrogens with one attached hydrogen (secondary N) is 1. The number of nitrogens with zero attached hydrogens (tertiary/aromatic N) is 1. The monoisotopic (exact) mass is 356 g/mol. The minimum atomic E-state index is -0.299. The maximum Gasteiger partial charge on any atom is 0.264 e. The molecular formula is C20H24N2O2S. The molecule has 0 atom stereocenters. The van der Waals surface area contributed by atoms with Crippen molar-refractivity contribution < 1.29 is 9.59 Å². The molecule has 25 heavy (non-hydrogen) atoms. The highest BCUT2D eigenvalue weighted by molar-refractivity contribution is 7.17. The molecule has 0 spiro atoms. The number of carbonyl (C=O) groups excluding carboxylic acids is 2. The van der Waals surface area contributed by atoms with Crippen LogP contribution in [0.4, 0.5) is 0 Å². The van der Waals surface area contributed by atoms with Crippen LogP contribution in [0.1, 0.15) is 41.6 Å². The Morgan fingerprint density at radius 2 is 1.84 bits per heavy atom. The van der Waals surface area contributed by atoms with Gasteiger partial charge in [-0.2, -0.15) is 0 Å². The lowest BCUT2D eigenvalue weighted by molar-refractivity contribution is -0.122. The highest BCUT2D eigenvalue weighted by atomic mass is 32.1. The Balaban J connectivity index is 1.76. The molecule has 0 bridgehead atoms. The van der Waals surface area contributed by atoms with Gasteiger partial charge in [0.05, 0.1) is 11.4 Å². The highest BCUT2D eigenvalue weighted by Crippen LogP contribution is 2.39. The molecule has 0 radical (unpaired) electrons. The first-order valence-corrected chi connectivity index (χ1v) is 9.34. The molecule has 1 aromatic carbocycles. The predicted octanol–water partition coefficient (Wildman–Crippen LogP) is 3.50. The van der Waals surface area contributed by atoms with Gasteiger partial charge >= 0.3 is 0 Å². The number of hydrogen-bond donors (Lipinski definition) is 1. The number of likely N-dealkylation sites (N-methyl/N-ethyl adjacent to an activating group) is 1. The fourth-order valence-electron chi connectivity index (χ4n) is 3.11. The Kier molecular flexibility index (Phi) is 4.69. The second-order valence-corrected chi connectivity index (χ2v) is 8.63. The Morgan fingerprint density at radius 1 is 1.16 bits per heavy atom. The van der Waals surface area contributed by atoms with Crippen molar-refractivity contribution in [3.8, 4) is 10.4 Å². The zero-order valence-corrected chi connectivity index (χ0v) is 16.0. The van der Waals surface area contributed by atoms with Crippen LogP contribution in [0.15, 0.2) is 30.3 Å². The molecule has 4 nitrogen and oxygen atoms in total. The van der Waals surface area contributed by atoms with Crippen LogP contribution in [0.3, 0.4) is 0 Å². The molecule has 1 aromatic heterocycles. The quantitative estimate of drug-likeness (QED) is 0.915. The summed E-state index contributed by atoms with van der Waals surface area (Å²) in [5, 5.41) is 2.89. The summed E-state index contributed by atoms with van der Waals surface area (Å²) < 4.78 is 0. The maximum atomic E-state index is 12.7. The van der Waals surface area contributed by atoms with Crippen LogP contribution in [0.25, 0.3) is 10.4 Å². The summed E-state index contributed by atoms with van der Waals surface area (Å²) in [6.45, 7) is 5.85. The lowest BCUT2D eigenvalue weighted by atomic mass is 9.91. The van der Waals surface area contributed by atoms with Gasteiger partial charge < -0.3 is 10.2 Å². The fraction of sp³-hybridized carbons (Fsp3) is 0.400. The van der Waals surface area contributed by atoms with Gasteiger partial charge in [0.2, 0.25) is 5.91 Å². The zero-order chi connectivity index (χ0) is 18.2. The summed E-state index contributed by atoms with van der Waals surface area (Å²) in [6.07, 6.45) is 1.97. The Bertz CT molecular complexity index is 817. The topological polar surface area (TPSA) is 49.4 Å². The number of amides is 2. The average Bonchev–Trinajstić information content (AvgIpc) is 2.96. The average molecular weight is 356 g/mol. The van der Waals surface area contributed by atoms with Crippen molar-refractivity contribution in [1.29, 1.82) is 0 Å². The second-order valence-electron chi connectivity index (χ2n) is 7.58. The summed E-state index contributed by atoms with van der Waals surface area (Å²) in [7, 11) is 1.68. The molecule has 0 fully saturated rings. The van der Waals surface area contributed by atoms with E-state index in [-0.39, 0.29) is 23.9 Å². The van der Waals surface area contributed by atoms with E-state index in [9.17, 15) is 9.59 Å². The first-order chi connectivity index (χ1) is 11.7. The van der Waals surface area contributed by atoms with Crippen LogP contribution < -0.4 is 5.32 Å². The zero-order valence-electron chi connectivity index (χ0n) is 15.2. The molecule has 132 valence electrons. The van der Waals surface area contributed by atoms with Crippen LogP contribution in [-0.4, -0.2) is 35.8 Å². The summed E-state index contributed by atoms with van der Waals surface area (Å²) in [4.78, 5) is 28.2. The van der Waals surface area contributed by atoms with E-state index in [1.165, 1.54) is 37.8 Å². The Labute approximate surface area is 152 Å². The standard InChI is InChI=1S/C20H24N2O2S/c1-20(2,3)21-17(23)12-22(4)19(24)16-11-14-10-9-13-7-5-6-8-15(13)18(14)25-16/h5-8,11H,9-10,12H2,1-4H3,(H,21,23). The molecule has 0 saturated heterocycles. The van der Waals surface area contributed by atoms with Crippen molar-refractivity contribution in [1.82, 2.24) is 10.2 Å². The third-order valence-corrected chi connectivity index (χ3v) is 5.39. The van der Waals surface area contributed by atoms with Gasteiger partial charge in [-0.25, -0.2) is 0 Å². The van der Waals surface area contributed by atoms with Gasteiger partial charge in [-0.05, 0) is 56.4 Å². The lowest BCUT2D eigenvalue weighted by Crippen LogP contribution is -2.46. The number of benzene rings is 1. The number of rotatable bonds is 3. The van der Waals surface area contributed by atoms with Crippen LogP contribution in [0, 0.1) is 0 Å². The molecule has 5 heteroatoms. The highest BCUT2D eigenvalue weighted by Gasteiger charge is 2.24. The van der Waals surface area contributed by atoms with E-state index < -0.39 is 0 Å².